The molecule has 0 aromatic carbocycles. The first kappa shape index (κ1) is 18.6. The van der Waals surface area contributed by atoms with Crippen molar-refractivity contribution in [3.63, 3.8) is 0 Å². The second-order valence-corrected chi connectivity index (χ2v) is 8.63. The molecule has 2 rings (SSSR count). The van der Waals surface area contributed by atoms with Crippen LogP contribution in [0, 0.1) is 11.8 Å². The standard InChI is InChI=1S/C19H36N2O2/c1-15-7-9-17(10-8-15)20-12-11-16-6-5-13-21(14-16)18(22)23-19(2,3)4/h15-17,20H,5-14H2,1-4H3. The molecule has 1 aliphatic carbocycles. The molecule has 134 valence electrons. The second-order valence-electron chi connectivity index (χ2n) is 8.63. The van der Waals surface area contributed by atoms with Gasteiger partial charge in [-0.3, -0.25) is 0 Å². The summed E-state index contributed by atoms with van der Waals surface area (Å²) >= 11 is 0. The predicted octanol–water partition coefficient (Wildman–Crippen LogP) is 4.19. The molecule has 1 saturated heterocycles. The quantitative estimate of drug-likeness (QED) is 0.843. The Morgan fingerprint density at radius 2 is 1.87 bits per heavy atom. The van der Waals surface area contributed by atoms with Crippen LogP contribution in [0.4, 0.5) is 4.79 Å². The number of rotatable bonds is 4. The van der Waals surface area contributed by atoms with E-state index in [1.54, 1.807) is 0 Å². The van der Waals surface area contributed by atoms with Gasteiger partial charge < -0.3 is 15.0 Å². The van der Waals surface area contributed by atoms with Gasteiger partial charge in [-0.1, -0.05) is 6.92 Å². The Kier molecular flexibility index (Phi) is 6.75. The summed E-state index contributed by atoms with van der Waals surface area (Å²) in [7, 11) is 0. The smallest absolute Gasteiger partial charge is 0.410 e. The number of carbonyl (C=O) groups is 1. The first-order valence-electron chi connectivity index (χ1n) is 9.55. The fraction of sp³-hybridized carbons (Fsp3) is 0.947. The fourth-order valence-electron chi connectivity index (χ4n) is 3.75. The SMILES string of the molecule is CC1CCC(NCCC2CCCN(C(=O)OC(C)(C)C)C2)CC1. The van der Waals surface area contributed by atoms with Gasteiger partial charge in [0, 0.05) is 19.1 Å². The molecule has 0 aromatic heterocycles. The molecule has 2 aliphatic rings. The van der Waals surface area contributed by atoms with E-state index in [9.17, 15) is 4.79 Å². The summed E-state index contributed by atoms with van der Waals surface area (Å²) in [6.45, 7) is 11.0. The molecule has 0 bridgehead atoms. The fourth-order valence-corrected chi connectivity index (χ4v) is 3.75. The van der Waals surface area contributed by atoms with Crippen LogP contribution >= 0.6 is 0 Å². The third kappa shape index (κ3) is 6.70. The molecule has 2 fully saturated rings. The largest absolute Gasteiger partial charge is 0.444 e. The van der Waals surface area contributed by atoms with Gasteiger partial charge in [-0.25, -0.2) is 4.79 Å². The average molecular weight is 325 g/mol. The van der Waals surface area contributed by atoms with E-state index in [-0.39, 0.29) is 6.09 Å². The first-order chi connectivity index (χ1) is 10.8. The third-order valence-corrected chi connectivity index (χ3v) is 5.17. The van der Waals surface area contributed by atoms with Gasteiger partial charge in [-0.15, -0.1) is 0 Å². The summed E-state index contributed by atoms with van der Waals surface area (Å²) < 4.78 is 5.51. The topological polar surface area (TPSA) is 41.6 Å². The molecular formula is C19H36N2O2. The number of likely N-dealkylation sites (tertiary alicyclic amines) is 1. The summed E-state index contributed by atoms with van der Waals surface area (Å²) in [5.74, 6) is 1.53. The van der Waals surface area contributed by atoms with Crippen LogP contribution in [0.25, 0.3) is 0 Å². The van der Waals surface area contributed by atoms with E-state index in [0.29, 0.717) is 5.92 Å². The van der Waals surface area contributed by atoms with Crippen molar-refractivity contribution in [1.29, 1.82) is 0 Å². The van der Waals surface area contributed by atoms with Crippen LogP contribution in [0.2, 0.25) is 0 Å². The number of hydrogen-bond acceptors (Lipinski definition) is 3. The van der Waals surface area contributed by atoms with Crippen LogP contribution < -0.4 is 5.32 Å². The Morgan fingerprint density at radius 1 is 1.17 bits per heavy atom. The molecule has 1 aliphatic heterocycles. The summed E-state index contributed by atoms with van der Waals surface area (Å²) in [5.41, 5.74) is -0.399. The number of hydrogen-bond donors (Lipinski definition) is 1. The first-order valence-corrected chi connectivity index (χ1v) is 9.55. The maximum atomic E-state index is 12.2. The Bertz CT molecular complexity index is 370. The highest BCUT2D eigenvalue weighted by atomic mass is 16.6. The van der Waals surface area contributed by atoms with Crippen LogP contribution in [0.1, 0.15) is 72.6 Å². The second kappa shape index (κ2) is 8.36. The molecule has 4 heteroatoms. The summed E-state index contributed by atoms with van der Waals surface area (Å²) in [5, 5.41) is 3.74. The van der Waals surface area contributed by atoms with E-state index in [4.69, 9.17) is 4.74 Å². The van der Waals surface area contributed by atoms with Crippen LogP contribution in [0.5, 0.6) is 0 Å². The van der Waals surface area contributed by atoms with Crippen molar-refractivity contribution >= 4 is 6.09 Å². The molecule has 1 saturated carbocycles. The Balaban J connectivity index is 1.66. The number of amides is 1. The van der Waals surface area contributed by atoms with Crippen molar-refractivity contribution in [2.45, 2.75) is 84.3 Å². The Morgan fingerprint density at radius 3 is 2.52 bits per heavy atom. The lowest BCUT2D eigenvalue weighted by molar-refractivity contribution is 0.0161. The van der Waals surface area contributed by atoms with Crippen LogP contribution in [0.3, 0.4) is 0 Å². The lowest BCUT2D eigenvalue weighted by Crippen LogP contribution is -2.43. The van der Waals surface area contributed by atoms with E-state index in [2.05, 4.69) is 12.2 Å². The van der Waals surface area contributed by atoms with Gasteiger partial charge in [-0.05, 0) is 84.1 Å². The van der Waals surface area contributed by atoms with Gasteiger partial charge in [0.2, 0.25) is 0 Å². The van der Waals surface area contributed by atoms with Gasteiger partial charge in [0.15, 0.2) is 0 Å². The maximum Gasteiger partial charge on any atom is 0.410 e. The van der Waals surface area contributed by atoms with E-state index in [0.717, 1.165) is 38.0 Å². The zero-order valence-corrected chi connectivity index (χ0v) is 15.6. The van der Waals surface area contributed by atoms with Crippen molar-refractivity contribution in [2.75, 3.05) is 19.6 Å². The zero-order valence-electron chi connectivity index (χ0n) is 15.6. The van der Waals surface area contributed by atoms with Gasteiger partial charge in [0.25, 0.3) is 0 Å². The molecule has 1 unspecified atom stereocenters. The van der Waals surface area contributed by atoms with Crippen LogP contribution in [0.15, 0.2) is 0 Å². The number of nitrogens with one attached hydrogen (secondary N) is 1. The number of carbonyl (C=O) groups excluding carboxylic acids is 1. The number of piperidine rings is 1. The van der Waals surface area contributed by atoms with Gasteiger partial charge in [0.05, 0.1) is 0 Å². The van der Waals surface area contributed by atoms with E-state index in [1.807, 2.05) is 25.7 Å². The molecule has 1 N–H and O–H groups in total. The highest BCUT2D eigenvalue weighted by molar-refractivity contribution is 5.68. The van der Waals surface area contributed by atoms with E-state index < -0.39 is 5.60 Å². The molecule has 1 heterocycles. The summed E-state index contributed by atoms with van der Waals surface area (Å²) in [6.07, 6.45) is 8.77. The molecule has 0 radical (unpaired) electrons. The molecular weight excluding hydrogens is 288 g/mol. The lowest BCUT2D eigenvalue weighted by Gasteiger charge is -2.34. The minimum atomic E-state index is -0.399. The molecule has 0 aromatic rings. The summed E-state index contributed by atoms with van der Waals surface area (Å²) in [4.78, 5) is 14.1. The lowest BCUT2D eigenvalue weighted by atomic mass is 9.87. The third-order valence-electron chi connectivity index (χ3n) is 5.17. The normalized spacial score (nSPS) is 29.4. The summed E-state index contributed by atoms with van der Waals surface area (Å²) in [6, 6.07) is 0.719. The molecule has 1 amide bonds. The van der Waals surface area contributed by atoms with Crippen LogP contribution in [-0.4, -0.2) is 42.3 Å². The molecule has 1 atom stereocenters. The minimum absolute atomic E-state index is 0.142. The average Bonchev–Trinajstić information content (AvgIpc) is 2.48. The van der Waals surface area contributed by atoms with Crippen molar-refractivity contribution in [1.82, 2.24) is 10.2 Å². The van der Waals surface area contributed by atoms with Gasteiger partial charge in [-0.2, -0.15) is 0 Å². The monoisotopic (exact) mass is 324 g/mol. The highest BCUT2D eigenvalue weighted by Crippen LogP contribution is 2.24. The van der Waals surface area contributed by atoms with Gasteiger partial charge in [0.1, 0.15) is 5.60 Å². The number of nitrogens with zero attached hydrogens (tertiary/aromatic N) is 1. The zero-order chi connectivity index (χ0) is 16.9. The highest BCUT2D eigenvalue weighted by Gasteiger charge is 2.27. The van der Waals surface area contributed by atoms with Gasteiger partial charge >= 0.3 is 6.09 Å². The molecule has 23 heavy (non-hydrogen) atoms. The van der Waals surface area contributed by atoms with Crippen molar-refractivity contribution in [3.8, 4) is 0 Å². The van der Waals surface area contributed by atoms with Crippen LogP contribution in [-0.2, 0) is 4.74 Å². The van der Waals surface area contributed by atoms with E-state index in [1.165, 1.54) is 38.5 Å². The Labute approximate surface area is 142 Å². The van der Waals surface area contributed by atoms with E-state index >= 15 is 0 Å². The van der Waals surface area contributed by atoms with Crippen molar-refractivity contribution in [3.05, 3.63) is 0 Å². The van der Waals surface area contributed by atoms with Crippen molar-refractivity contribution in [2.24, 2.45) is 11.8 Å². The molecule has 4 nitrogen and oxygen atoms in total. The van der Waals surface area contributed by atoms with Crippen molar-refractivity contribution < 1.29 is 9.53 Å². The predicted molar refractivity (Wildman–Crippen MR) is 94.6 cm³/mol. The maximum absolute atomic E-state index is 12.2. The number of ether oxygens (including phenoxy) is 1. The minimum Gasteiger partial charge on any atom is -0.444 e. The Hall–Kier alpha value is -0.770. The molecule has 0 spiro atoms.